The van der Waals surface area contributed by atoms with Crippen LogP contribution in [-0.2, 0) is 44.1 Å². The molecule has 0 aromatic carbocycles. The van der Waals surface area contributed by atoms with Crippen molar-refractivity contribution in [1.82, 2.24) is 0 Å². The van der Waals surface area contributed by atoms with Gasteiger partial charge in [0.25, 0.3) is 0 Å². The first kappa shape index (κ1) is 35.8. The van der Waals surface area contributed by atoms with E-state index >= 15 is 0 Å². The van der Waals surface area contributed by atoms with E-state index in [9.17, 15) is 0 Å². The predicted molar refractivity (Wildman–Crippen MR) is 141 cm³/mol. The summed E-state index contributed by atoms with van der Waals surface area (Å²) in [5.74, 6) is 0. The Labute approximate surface area is 257 Å². The molecule has 0 aliphatic heterocycles. The third kappa shape index (κ3) is 8.67. The Balaban J connectivity index is 0.000000499. The fraction of sp³-hybridized carbons (Fsp3) is 0.448. The van der Waals surface area contributed by atoms with Crippen LogP contribution in [0.2, 0.25) is 0 Å². The number of allylic oxidation sites excluding steroid dienone is 16. The molecule has 0 fully saturated rings. The van der Waals surface area contributed by atoms with E-state index in [4.69, 9.17) is 17.0 Å². The van der Waals surface area contributed by atoms with Crippen molar-refractivity contribution in [3.8, 4) is 0 Å². The van der Waals surface area contributed by atoms with Gasteiger partial charge in [-0.3, -0.25) is 0 Å². The number of hydrogen-bond donors (Lipinski definition) is 0. The molecule has 0 radical (unpaired) electrons. The molecular formula is C29H38Cl4Zr2. The molecular weight excluding hydrogens is 673 g/mol. The van der Waals surface area contributed by atoms with Crippen LogP contribution in [0.15, 0.2) is 87.1 Å². The van der Waals surface area contributed by atoms with Crippen molar-refractivity contribution in [2.24, 2.45) is 5.41 Å². The van der Waals surface area contributed by atoms with Gasteiger partial charge in [-0.2, -0.15) is 0 Å². The van der Waals surface area contributed by atoms with Crippen molar-refractivity contribution in [2.45, 2.75) is 81.6 Å². The molecule has 4 rings (SSSR count). The third-order valence-corrected chi connectivity index (χ3v) is 15.2. The number of halogens is 4. The minimum atomic E-state index is -1.96. The molecule has 4 aliphatic carbocycles. The van der Waals surface area contributed by atoms with Crippen molar-refractivity contribution in [3.05, 3.63) is 87.1 Å². The molecule has 4 aliphatic rings. The van der Waals surface area contributed by atoms with Crippen molar-refractivity contribution in [2.75, 3.05) is 0 Å². The molecule has 0 nitrogen and oxygen atoms in total. The van der Waals surface area contributed by atoms with Crippen molar-refractivity contribution < 1.29 is 68.9 Å². The zero-order chi connectivity index (χ0) is 25.1. The molecule has 0 spiro atoms. The van der Waals surface area contributed by atoms with Crippen LogP contribution >= 0.6 is 17.0 Å². The fourth-order valence-electron chi connectivity index (χ4n) is 4.48. The van der Waals surface area contributed by atoms with Gasteiger partial charge in [0.2, 0.25) is 0 Å². The molecule has 0 heterocycles. The van der Waals surface area contributed by atoms with Crippen LogP contribution in [0.4, 0.5) is 0 Å². The summed E-state index contributed by atoms with van der Waals surface area (Å²) in [7, 11) is 11.5. The van der Waals surface area contributed by atoms with Crippen LogP contribution in [0.25, 0.3) is 0 Å². The Morgan fingerprint density at radius 2 is 1.20 bits per heavy atom. The quantitative estimate of drug-likeness (QED) is 0.402. The van der Waals surface area contributed by atoms with Gasteiger partial charge in [0, 0.05) is 0 Å². The second-order valence-corrected chi connectivity index (χ2v) is 19.6. The Morgan fingerprint density at radius 1 is 0.743 bits per heavy atom. The number of rotatable bonds is 2. The Hall–Kier alpha value is 0.846. The van der Waals surface area contributed by atoms with E-state index < -0.39 is 19.4 Å². The summed E-state index contributed by atoms with van der Waals surface area (Å²) in [5, 5.41) is 0. The average molecular weight is 711 g/mol. The Kier molecular flexibility index (Phi) is 15.8. The van der Waals surface area contributed by atoms with Gasteiger partial charge in [0.1, 0.15) is 0 Å². The standard InChI is InChI=1S/C14H18.C10H15.C5H5.4ClH.2Zr/c1-9-5-7-13(11(9)3)14-8-6-10(2)12(14)4;1-7-6-10(4,5)9(3)8(7)2;1-2-4-5-3-1;;;;;;/h5-6H,7-8H2,1-4H3;1-5H3;1-3H,4H2;4*1H;;/q;;;;;;;2*+2/p-4. The van der Waals surface area contributed by atoms with Gasteiger partial charge in [-0.05, 0) is 62.8 Å². The van der Waals surface area contributed by atoms with Gasteiger partial charge in [0.05, 0.1) is 0 Å². The van der Waals surface area contributed by atoms with E-state index in [-0.39, 0.29) is 24.8 Å². The third-order valence-electron chi connectivity index (χ3n) is 7.75. The molecule has 190 valence electrons. The molecule has 0 bridgehead atoms. The van der Waals surface area contributed by atoms with Gasteiger partial charge in [0.15, 0.2) is 0 Å². The van der Waals surface area contributed by atoms with Crippen LogP contribution in [0, 0.1) is 5.41 Å². The van der Waals surface area contributed by atoms with Gasteiger partial charge in [-0.1, -0.05) is 23.3 Å². The summed E-state index contributed by atoms with van der Waals surface area (Å²) in [6.45, 7) is 20.3. The molecule has 6 heteroatoms. The van der Waals surface area contributed by atoms with Gasteiger partial charge < -0.3 is 24.8 Å². The molecule has 0 atom stereocenters. The maximum atomic E-state index is 5.74. The number of hydrogen-bond acceptors (Lipinski definition) is 0. The topological polar surface area (TPSA) is 0 Å². The first-order valence-electron chi connectivity index (χ1n) is 11.7. The normalized spacial score (nSPS) is 20.0. The molecule has 0 aromatic rings. The van der Waals surface area contributed by atoms with Crippen LogP contribution < -0.4 is 24.8 Å². The zero-order valence-electron chi connectivity index (χ0n) is 22.5. The second kappa shape index (κ2) is 15.4. The van der Waals surface area contributed by atoms with E-state index in [2.05, 4.69) is 80.5 Å². The summed E-state index contributed by atoms with van der Waals surface area (Å²) in [5.41, 5.74) is 14.0. The maximum absolute atomic E-state index is 5.74. The molecule has 0 aromatic heterocycles. The molecule has 0 saturated carbocycles. The molecule has 0 unspecified atom stereocenters. The Morgan fingerprint density at radius 3 is 1.37 bits per heavy atom. The second-order valence-electron chi connectivity index (χ2n) is 9.85. The minimum absolute atomic E-state index is 0. The fourth-order valence-corrected chi connectivity index (χ4v) is 8.27. The summed E-state index contributed by atoms with van der Waals surface area (Å²) in [6, 6.07) is 0. The van der Waals surface area contributed by atoms with E-state index in [0.29, 0.717) is 5.41 Å². The summed E-state index contributed by atoms with van der Waals surface area (Å²) in [6.07, 6.45) is 14.1. The van der Waals surface area contributed by atoms with Crippen molar-refractivity contribution >= 4 is 17.0 Å². The summed E-state index contributed by atoms with van der Waals surface area (Å²) >= 11 is -0.391. The predicted octanol–water partition coefficient (Wildman–Crippen LogP) is 4.27. The van der Waals surface area contributed by atoms with Gasteiger partial charge >= 0.3 is 149 Å². The van der Waals surface area contributed by atoms with Crippen LogP contribution in [0.1, 0.15) is 81.6 Å². The monoisotopic (exact) mass is 706 g/mol. The van der Waals surface area contributed by atoms with Crippen LogP contribution in [0.3, 0.4) is 0 Å². The SMILES string of the molecule is CC1=C(C)C(C)(C)[C]([Zr+2])=C1C.CC1=CCC(C2=C(C)C(C)=CC2)=C1C.[Cl-].[Cl-].[Cl][Zr]([Cl])[C]1=CC=CC1. The molecule has 0 saturated heterocycles. The average Bonchev–Trinajstić information content (AvgIpc) is 3.52. The first-order valence-corrected chi connectivity index (χ1v) is 20.5. The van der Waals surface area contributed by atoms with Gasteiger partial charge in [-0.15, -0.1) is 0 Å². The molecule has 35 heavy (non-hydrogen) atoms. The van der Waals surface area contributed by atoms with E-state index in [1.807, 2.05) is 12.2 Å². The van der Waals surface area contributed by atoms with Crippen molar-refractivity contribution in [3.63, 3.8) is 0 Å². The summed E-state index contributed by atoms with van der Waals surface area (Å²) in [4.78, 5) is 0. The summed E-state index contributed by atoms with van der Waals surface area (Å²) < 4.78 is 2.91. The van der Waals surface area contributed by atoms with Crippen LogP contribution in [-0.4, -0.2) is 0 Å². The van der Waals surface area contributed by atoms with E-state index in [0.717, 1.165) is 19.3 Å². The van der Waals surface area contributed by atoms with Crippen LogP contribution in [0.5, 0.6) is 0 Å². The zero-order valence-corrected chi connectivity index (χ0v) is 30.5. The van der Waals surface area contributed by atoms with E-state index in [1.54, 1.807) is 44.7 Å². The molecule has 0 amide bonds. The van der Waals surface area contributed by atoms with E-state index in [1.165, 1.54) is 36.7 Å². The van der Waals surface area contributed by atoms with Gasteiger partial charge in [-0.25, -0.2) is 0 Å². The molecule has 0 N–H and O–H groups in total. The van der Waals surface area contributed by atoms with Crippen molar-refractivity contribution in [1.29, 1.82) is 0 Å². The first-order chi connectivity index (χ1) is 15.3. The Bertz CT molecular complexity index is 992.